The Morgan fingerprint density at radius 3 is 2.21 bits per heavy atom. The molecule has 0 heterocycles. The van der Waals surface area contributed by atoms with Gasteiger partial charge in [0, 0.05) is 32.6 Å². The molecule has 19 heavy (non-hydrogen) atoms. The summed E-state index contributed by atoms with van der Waals surface area (Å²) in [7, 11) is 0. The Kier molecular flexibility index (Phi) is 8.52. The molecule has 0 aliphatic heterocycles. The van der Waals surface area contributed by atoms with Crippen LogP contribution in [0.3, 0.4) is 0 Å². The summed E-state index contributed by atoms with van der Waals surface area (Å²) in [6, 6.07) is 0.0976. The standard InChI is InChI=1S/C12H23N3O4/c1-9(2)15(7-4-12(18)19)8-11(17)14-6-5-13-10(3)16/h9H,4-8H2,1-3H3,(H,13,16)(H,14,17)(H,18,19). The average Bonchev–Trinajstić information content (AvgIpc) is 2.29. The Bertz CT molecular complexity index is 318. The minimum atomic E-state index is -0.878. The van der Waals surface area contributed by atoms with Crippen LogP contribution in [0.5, 0.6) is 0 Å². The normalized spacial score (nSPS) is 10.6. The van der Waals surface area contributed by atoms with Crippen LogP contribution in [0, 0.1) is 0 Å². The zero-order chi connectivity index (χ0) is 14.8. The summed E-state index contributed by atoms with van der Waals surface area (Å²) < 4.78 is 0. The van der Waals surface area contributed by atoms with Crippen LogP contribution in [0.4, 0.5) is 0 Å². The van der Waals surface area contributed by atoms with Crippen molar-refractivity contribution in [3.05, 3.63) is 0 Å². The number of nitrogens with zero attached hydrogens (tertiary/aromatic N) is 1. The molecule has 2 amide bonds. The zero-order valence-corrected chi connectivity index (χ0v) is 11.7. The van der Waals surface area contributed by atoms with Gasteiger partial charge in [0.25, 0.3) is 0 Å². The second kappa shape index (κ2) is 9.32. The van der Waals surface area contributed by atoms with Gasteiger partial charge >= 0.3 is 5.97 Å². The third kappa shape index (κ3) is 10.0. The first kappa shape index (κ1) is 17.4. The molecular formula is C12H23N3O4. The van der Waals surface area contributed by atoms with Crippen molar-refractivity contribution in [2.24, 2.45) is 0 Å². The van der Waals surface area contributed by atoms with Gasteiger partial charge in [0.2, 0.25) is 11.8 Å². The lowest BCUT2D eigenvalue weighted by Gasteiger charge is -2.25. The molecule has 0 rings (SSSR count). The maximum atomic E-state index is 11.6. The molecule has 0 radical (unpaired) electrons. The topological polar surface area (TPSA) is 98.7 Å². The van der Waals surface area contributed by atoms with E-state index in [-0.39, 0.29) is 30.8 Å². The van der Waals surface area contributed by atoms with Crippen molar-refractivity contribution in [2.45, 2.75) is 33.2 Å². The molecular weight excluding hydrogens is 250 g/mol. The monoisotopic (exact) mass is 273 g/mol. The van der Waals surface area contributed by atoms with Crippen molar-refractivity contribution in [1.82, 2.24) is 15.5 Å². The number of rotatable bonds is 9. The summed E-state index contributed by atoms with van der Waals surface area (Å²) in [4.78, 5) is 34.6. The van der Waals surface area contributed by atoms with Crippen LogP contribution in [0.25, 0.3) is 0 Å². The third-order valence-corrected chi connectivity index (χ3v) is 2.51. The molecule has 0 aliphatic rings. The Morgan fingerprint density at radius 1 is 1.16 bits per heavy atom. The molecule has 0 aromatic carbocycles. The molecule has 3 N–H and O–H groups in total. The van der Waals surface area contributed by atoms with Gasteiger partial charge in [-0.05, 0) is 13.8 Å². The lowest BCUT2D eigenvalue weighted by molar-refractivity contribution is -0.138. The Balaban J connectivity index is 3.96. The maximum Gasteiger partial charge on any atom is 0.304 e. The van der Waals surface area contributed by atoms with Crippen molar-refractivity contribution in [1.29, 1.82) is 0 Å². The van der Waals surface area contributed by atoms with Crippen LogP contribution in [-0.2, 0) is 14.4 Å². The molecule has 7 heteroatoms. The molecule has 0 aliphatic carbocycles. The van der Waals surface area contributed by atoms with Gasteiger partial charge in [0.15, 0.2) is 0 Å². The number of carboxylic acids is 1. The molecule has 0 unspecified atom stereocenters. The third-order valence-electron chi connectivity index (χ3n) is 2.51. The smallest absolute Gasteiger partial charge is 0.304 e. The second-order valence-electron chi connectivity index (χ2n) is 4.54. The molecule has 0 aromatic rings. The van der Waals surface area contributed by atoms with Crippen molar-refractivity contribution in [3.63, 3.8) is 0 Å². The van der Waals surface area contributed by atoms with E-state index in [0.29, 0.717) is 19.6 Å². The van der Waals surface area contributed by atoms with Crippen molar-refractivity contribution < 1.29 is 19.5 Å². The lowest BCUT2D eigenvalue weighted by atomic mass is 10.2. The molecule has 0 atom stereocenters. The van der Waals surface area contributed by atoms with Crippen molar-refractivity contribution in [3.8, 4) is 0 Å². The predicted octanol–water partition coefficient (Wildman–Crippen LogP) is -0.576. The van der Waals surface area contributed by atoms with E-state index >= 15 is 0 Å². The van der Waals surface area contributed by atoms with E-state index in [0.717, 1.165) is 0 Å². The average molecular weight is 273 g/mol. The fraction of sp³-hybridized carbons (Fsp3) is 0.750. The number of aliphatic carboxylic acids is 1. The molecule has 7 nitrogen and oxygen atoms in total. The largest absolute Gasteiger partial charge is 0.481 e. The van der Waals surface area contributed by atoms with Crippen LogP contribution in [0.15, 0.2) is 0 Å². The summed E-state index contributed by atoms with van der Waals surface area (Å²) in [6.07, 6.45) is 0.0113. The minimum absolute atomic E-state index is 0.0113. The zero-order valence-electron chi connectivity index (χ0n) is 11.7. The molecule has 0 saturated carbocycles. The molecule has 0 spiro atoms. The number of amides is 2. The quantitative estimate of drug-likeness (QED) is 0.488. The van der Waals surface area contributed by atoms with Gasteiger partial charge in [-0.25, -0.2) is 0 Å². The highest BCUT2D eigenvalue weighted by Gasteiger charge is 2.14. The number of carbonyl (C=O) groups is 3. The highest BCUT2D eigenvalue weighted by molar-refractivity contribution is 5.78. The van der Waals surface area contributed by atoms with E-state index in [4.69, 9.17) is 5.11 Å². The van der Waals surface area contributed by atoms with Gasteiger partial charge in [-0.1, -0.05) is 0 Å². The summed E-state index contributed by atoms with van der Waals surface area (Å²) in [5.41, 5.74) is 0. The van der Waals surface area contributed by atoms with E-state index in [9.17, 15) is 14.4 Å². The van der Waals surface area contributed by atoms with Crippen LogP contribution in [0.1, 0.15) is 27.2 Å². The number of carboxylic acid groups (broad SMARTS) is 1. The first-order valence-electron chi connectivity index (χ1n) is 6.30. The van der Waals surface area contributed by atoms with Crippen molar-refractivity contribution >= 4 is 17.8 Å². The summed E-state index contributed by atoms with van der Waals surface area (Å²) >= 11 is 0. The van der Waals surface area contributed by atoms with Crippen molar-refractivity contribution in [2.75, 3.05) is 26.2 Å². The predicted molar refractivity (Wildman–Crippen MR) is 70.7 cm³/mol. The second-order valence-corrected chi connectivity index (χ2v) is 4.54. The van der Waals surface area contributed by atoms with Gasteiger partial charge in [-0.15, -0.1) is 0 Å². The fourth-order valence-electron chi connectivity index (χ4n) is 1.44. The van der Waals surface area contributed by atoms with Gasteiger partial charge in [0.1, 0.15) is 0 Å². The molecule has 0 bridgehead atoms. The number of hydrogen-bond donors (Lipinski definition) is 3. The Labute approximate surface area is 113 Å². The number of nitrogens with one attached hydrogen (secondary N) is 2. The molecule has 0 fully saturated rings. The van der Waals surface area contributed by atoms with E-state index in [1.54, 1.807) is 4.90 Å². The van der Waals surface area contributed by atoms with Crippen LogP contribution in [-0.4, -0.2) is 60.0 Å². The Morgan fingerprint density at radius 2 is 1.74 bits per heavy atom. The van der Waals surface area contributed by atoms with Gasteiger partial charge in [-0.2, -0.15) is 0 Å². The van der Waals surface area contributed by atoms with E-state index in [1.165, 1.54) is 6.92 Å². The first-order valence-corrected chi connectivity index (χ1v) is 6.30. The van der Waals surface area contributed by atoms with E-state index in [2.05, 4.69) is 10.6 Å². The first-order chi connectivity index (χ1) is 8.82. The molecule has 0 aromatic heterocycles. The SMILES string of the molecule is CC(=O)NCCNC(=O)CN(CCC(=O)O)C(C)C. The maximum absolute atomic E-state index is 11.6. The number of carbonyl (C=O) groups excluding carboxylic acids is 2. The Hall–Kier alpha value is -1.63. The van der Waals surface area contributed by atoms with E-state index < -0.39 is 5.97 Å². The van der Waals surface area contributed by atoms with Gasteiger partial charge < -0.3 is 15.7 Å². The summed E-state index contributed by atoms with van der Waals surface area (Å²) in [5.74, 6) is -1.19. The molecule has 110 valence electrons. The van der Waals surface area contributed by atoms with Gasteiger partial charge in [0.05, 0.1) is 13.0 Å². The van der Waals surface area contributed by atoms with Crippen LogP contribution in [0.2, 0.25) is 0 Å². The molecule has 0 saturated heterocycles. The summed E-state index contributed by atoms with van der Waals surface area (Å²) in [6.45, 7) is 6.48. The van der Waals surface area contributed by atoms with E-state index in [1.807, 2.05) is 13.8 Å². The highest BCUT2D eigenvalue weighted by Crippen LogP contribution is 1.99. The van der Waals surface area contributed by atoms with Crippen LogP contribution < -0.4 is 10.6 Å². The summed E-state index contributed by atoms with van der Waals surface area (Å²) in [5, 5.41) is 13.9. The minimum Gasteiger partial charge on any atom is -0.481 e. The van der Waals surface area contributed by atoms with Crippen LogP contribution >= 0.6 is 0 Å². The fourth-order valence-corrected chi connectivity index (χ4v) is 1.44. The highest BCUT2D eigenvalue weighted by atomic mass is 16.4. The lowest BCUT2D eigenvalue weighted by Crippen LogP contribution is -2.43. The number of hydrogen-bond acceptors (Lipinski definition) is 4. The van der Waals surface area contributed by atoms with Gasteiger partial charge in [-0.3, -0.25) is 19.3 Å².